The number of aromatic nitrogens is 4. The predicted molar refractivity (Wildman–Crippen MR) is 117 cm³/mol. The van der Waals surface area contributed by atoms with Crippen LogP contribution in [0.2, 0.25) is 0 Å². The van der Waals surface area contributed by atoms with Gasteiger partial charge in [-0.1, -0.05) is 66.7 Å². The van der Waals surface area contributed by atoms with Gasteiger partial charge in [-0.2, -0.15) is 5.10 Å². The van der Waals surface area contributed by atoms with Crippen LogP contribution in [0.5, 0.6) is 0 Å². The third-order valence-electron chi connectivity index (χ3n) is 4.81. The van der Waals surface area contributed by atoms with Crippen LogP contribution in [-0.2, 0) is 0 Å². The number of anilines is 2. The second-order valence-electron chi connectivity index (χ2n) is 6.92. The molecule has 29 heavy (non-hydrogen) atoms. The number of fused-ring (bicyclic) bond motifs is 1. The van der Waals surface area contributed by atoms with Crippen LogP contribution >= 0.6 is 0 Å². The topological polar surface area (TPSA) is 66.5 Å². The maximum absolute atomic E-state index is 4.80. The van der Waals surface area contributed by atoms with E-state index in [2.05, 4.69) is 51.9 Å². The zero-order valence-corrected chi connectivity index (χ0v) is 15.9. The van der Waals surface area contributed by atoms with Crippen molar-refractivity contribution < 1.29 is 0 Å². The second kappa shape index (κ2) is 7.20. The van der Waals surface area contributed by atoms with Crippen molar-refractivity contribution in [2.75, 3.05) is 5.32 Å². The highest BCUT2D eigenvalue weighted by Gasteiger charge is 2.11. The van der Waals surface area contributed by atoms with Gasteiger partial charge in [-0.25, -0.2) is 9.97 Å². The van der Waals surface area contributed by atoms with Crippen LogP contribution in [0.1, 0.15) is 5.69 Å². The summed E-state index contributed by atoms with van der Waals surface area (Å²) >= 11 is 0. The number of nitrogens with zero attached hydrogens (tertiary/aromatic N) is 3. The molecule has 0 aliphatic rings. The van der Waals surface area contributed by atoms with Crippen molar-refractivity contribution in [2.24, 2.45) is 0 Å². The summed E-state index contributed by atoms with van der Waals surface area (Å²) in [5, 5.41) is 11.5. The van der Waals surface area contributed by atoms with Gasteiger partial charge in [-0.05, 0) is 30.2 Å². The van der Waals surface area contributed by atoms with Gasteiger partial charge >= 0.3 is 0 Å². The quantitative estimate of drug-likeness (QED) is 0.419. The predicted octanol–water partition coefficient (Wildman–Crippen LogP) is 5.74. The Morgan fingerprint density at radius 3 is 2.17 bits per heavy atom. The first kappa shape index (κ1) is 17.1. The average molecular weight is 377 g/mol. The van der Waals surface area contributed by atoms with Gasteiger partial charge in [0, 0.05) is 22.7 Å². The number of aromatic amines is 1. The summed E-state index contributed by atoms with van der Waals surface area (Å²) in [6.07, 6.45) is 0. The molecule has 0 aliphatic carbocycles. The van der Waals surface area contributed by atoms with E-state index in [1.165, 1.54) is 11.1 Å². The third kappa shape index (κ3) is 3.46. The molecule has 0 unspecified atom stereocenters. The first-order chi connectivity index (χ1) is 14.3. The fourth-order valence-corrected chi connectivity index (χ4v) is 3.35. The molecule has 0 spiro atoms. The molecule has 3 aromatic carbocycles. The smallest absolute Gasteiger partial charge is 0.162 e. The summed E-state index contributed by atoms with van der Waals surface area (Å²) in [5.74, 6) is 2.15. The fraction of sp³-hybridized carbons (Fsp3) is 0.0417. The molecule has 5 rings (SSSR count). The molecule has 0 bridgehead atoms. The Morgan fingerprint density at radius 1 is 0.724 bits per heavy atom. The Morgan fingerprint density at radius 2 is 1.41 bits per heavy atom. The minimum Gasteiger partial charge on any atom is -0.323 e. The normalized spacial score (nSPS) is 10.9. The van der Waals surface area contributed by atoms with Gasteiger partial charge in [0.15, 0.2) is 11.6 Å². The van der Waals surface area contributed by atoms with E-state index in [1.54, 1.807) is 0 Å². The fourth-order valence-electron chi connectivity index (χ4n) is 3.35. The first-order valence-electron chi connectivity index (χ1n) is 9.48. The molecule has 2 N–H and O–H groups in total. The van der Waals surface area contributed by atoms with E-state index in [0.29, 0.717) is 5.82 Å². The van der Waals surface area contributed by atoms with Gasteiger partial charge in [0.1, 0.15) is 5.82 Å². The van der Waals surface area contributed by atoms with Crippen LogP contribution in [0.4, 0.5) is 11.6 Å². The highest BCUT2D eigenvalue weighted by Crippen LogP contribution is 2.28. The molecule has 5 nitrogen and oxygen atoms in total. The highest BCUT2D eigenvalue weighted by molar-refractivity contribution is 5.92. The lowest BCUT2D eigenvalue weighted by Crippen LogP contribution is -1.99. The zero-order chi connectivity index (χ0) is 19.6. The Labute approximate surface area is 168 Å². The summed E-state index contributed by atoms with van der Waals surface area (Å²) < 4.78 is 0. The highest BCUT2D eigenvalue weighted by atomic mass is 15.2. The SMILES string of the molecule is Cc1cc(Nc2nc(-c3ccc(-c4ccccc4)cc3)nc3ccccc23)n[nH]1. The summed E-state index contributed by atoms with van der Waals surface area (Å²) in [7, 11) is 0. The molecule has 0 atom stereocenters. The number of hydrogen-bond donors (Lipinski definition) is 2. The van der Waals surface area contributed by atoms with Crippen molar-refractivity contribution in [3.05, 3.63) is 90.6 Å². The summed E-state index contributed by atoms with van der Waals surface area (Å²) in [6, 6.07) is 28.6. The summed E-state index contributed by atoms with van der Waals surface area (Å²) in [5.41, 5.74) is 5.20. The molecule has 0 saturated heterocycles. The van der Waals surface area contributed by atoms with E-state index in [0.717, 1.165) is 33.8 Å². The standard InChI is InChI=1S/C24H19N5/c1-16-15-22(29-28-16)26-24-20-9-5-6-10-21(20)25-23(27-24)19-13-11-18(12-14-19)17-7-3-2-4-8-17/h2-15H,1H3,(H2,25,26,27,28,29). The molecule has 5 aromatic rings. The van der Waals surface area contributed by atoms with Gasteiger partial charge in [-0.3, -0.25) is 5.10 Å². The van der Waals surface area contributed by atoms with E-state index in [4.69, 9.17) is 9.97 Å². The molecular formula is C24H19N5. The van der Waals surface area contributed by atoms with Crippen LogP contribution in [0.3, 0.4) is 0 Å². The van der Waals surface area contributed by atoms with Gasteiger partial charge in [-0.15, -0.1) is 0 Å². The number of nitrogens with one attached hydrogen (secondary N) is 2. The van der Waals surface area contributed by atoms with Crippen LogP contribution in [0.15, 0.2) is 84.9 Å². The number of aryl methyl sites for hydroxylation is 1. The molecule has 2 heterocycles. The number of para-hydroxylation sites is 1. The van der Waals surface area contributed by atoms with Crippen molar-refractivity contribution in [3.8, 4) is 22.5 Å². The van der Waals surface area contributed by atoms with Crippen molar-refractivity contribution in [2.45, 2.75) is 6.92 Å². The molecule has 140 valence electrons. The van der Waals surface area contributed by atoms with Crippen molar-refractivity contribution >= 4 is 22.5 Å². The monoisotopic (exact) mass is 377 g/mol. The molecule has 0 amide bonds. The molecular weight excluding hydrogens is 358 g/mol. The molecule has 5 heteroatoms. The van der Waals surface area contributed by atoms with Crippen molar-refractivity contribution in [1.82, 2.24) is 20.2 Å². The maximum atomic E-state index is 4.80. The van der Waals surface area contributed by atoms with Crippen LogP contribution in [0.25, 0.3) is 33.4 Å². The van der Waals surface area contributed by atoms with E-state index in [-0.39, 0.29) is 0 Å². The lowest BCUT2D eigenvalue weighted by molar-refractivity contribution is 1.05. The Balaban J connectivity index is 1.56. The lowest BCUT2D eigenvalue weighted by Gasteiger charge is -2.10. The van der Waals surface area contributed by atoms with Gasteiger partial charge in [0.25, 0.3) is 0 Å². The summed E-state index contributed by atoms with van der Waals surface area (Å²) in [4.78, 5) is 9.58. The Bertz CT molecular complexity index is 1270. The Hall–Kier alpha value is -3.99. The van der Waals surface area contributed by atoms with Crippen molar-refractivity contribution in [3.63, 3.8) is 0 Å². The molecule has 0 saturated carbocycles. The number of hydrogen-bond acceptors (Lipinski definition) is 4. The molecule has 0 radical (unpaired) electrons. The Kier molecular flexibility index (Phi) is 4.26. The minimum atomic E-state index is 0.679. The maximum Gasteiger partial charge on any atom is 0.162 e. The number of rotatable bonds is 4. The zero-order valence-electron chi connectivity index (χ0n) is 15.9. The largest absolute Gasteiger partial charge is 0.323 e. The second-order valence-corrected chi connectivity index (χ2v) is 6.92. The summed E-state index contributed by atoms with van der Waals surface area (Å²) in [6.45, 7) is 1.97. The van der Waals surface area contributed by atoms with Crippen LogP contribution in [-0.4, -0.2) is 20.2 Å². The van der Waals surface area contributed by atoms with E-state index < -0.39 is 0 Å². The lowest BCUT2D eigenvalue weighted by atomic mass is 10.0. The minimum absolute atomic E-state index is 0.679. The number of H-pyrrole nitrogens is 1. The van der Waals surface area contributed by atoms with E-state index >= 15 is 0 Å². The first-order valence-corrected chi connectivity index (χ1v) is 9.48. The molecule has 0 aliphatic heterocycles. The van der Waals surface area contributed by atoms with Gasteiger partial charge < -0.3 is 5.32 Å². The van der Waals surface area contributed by atoms with Crippen LogP contribution in [0, 0.1) is 6.92 Å². The van der Waals surface area contributed by atoms with Crippen LogP contribution < -0.4 is 5.32 Å². The molecule has 2 aromatic heterocycles. The van der Waals surface area contributed by atoms with Gasteiger partial charge in [0.05, 0.1) is 5.52 Å². The molecule has 0 fully saturated rings. The van der Waals surface area contributed by atoms with Crippen molar-refractivity contribution in [1.29, 1.82) is 0 Å². The third-order valence-corrected chi connectivity index (χ3v) is 4.81. The van der Waals surface area contributed by atoms with E-state index in [9.17, 15) is 0 Å². The van der Waals surface area contributed by atoms with Gasteiger partial charge in [0.2, 0.25) is 0 Å². The number of benzene rings is 3. The van der Waals surface area contributed by atoms with E-state index in [1.807, 2.05) is 55.5 Å². The average Bonchev–Trinajstić information content (AvgIpc) is 3.19.